The van der Waals surface area contributed by atoms with E-state index >= 15 is 0 Å². The number of halogens is 2. The second kappa shape index (κ2) is 7.86. The molecule has 1 saturated heterocycles. The zero-order chi connectivity index (χ0) is 16.5. The first-order chi connectivity index (χ1) is 10.2. The molecule has 1 amide bonds. The Morgan fingerprint density at radius 1 is 1.48 bits per heavy atom. The Morgan fingerprint density at radius 2 is 2.13 bits per heavy atom. The Labute approximate surface area is 153 Å². The smallest absolute Gasteiger partial charge is 0.263 e. The molecular weight excluding hydrogens is 380 g/mol. The number of rotatable bonds is 3. The van der Waals surface area contributed by atoms with Gasteiger partial charge in [-0.15, -0.1) is 12.4 Å². The number of likely N-dealkylation sites (tertiary alicyclic amines) is 1. The Balaban J connectivity index is 0.00000264. The van der Waals surface area contributed by atoms with Crippen molar-refractivity contribution in [2.75, 3.05) is 13.1 Å². The van der Waals surface area contributed by atoms with Crippen molar-refractivity contribution >= 4 is 34.2 Å². The van der Waals surface area contributed by atoms with Gasteiger partial charge in [-0.3, -0.25) is 4.79 Å². The minimum atomic E-state index is -0.510. The first kappa shape index (κ1) is 20.3. The summed E-state index contributed by atoms with van der Waals surface area (Å²) in [6.07, 6.45) is 0.323. The van der Waals surface area contributed by atoms with Crippen molar-refractivity contribution in [3.05, 3.63) is 28.2 Å². The SMILES string of the molecule is Cc1ccc(OC(C)C(=O)N2CCC(N)C(C)(C)C2)c(Br)c1.Cl. The predicted molar refractivity (Wildman–Crippen MR) is 99.2 cm³/mol. The van der Waals surface area contributed by atoms with Crippen molar-refractivity contribution in [2.24, 2.45) is 11.1 Å². The van der Waals surface area contributed by atoms with Crippen molar-refractivity contribution in [1.82, 2.24) is 4.90 Å². The van der Waals surface area contributed by atoms with Crippen LogP contribution in [0.3, 0.4) is 0 Å². The molecule has 0 aromatic heterocycles. The fourth-order valence-corrected chi connectivity index (χ4v) is 3.35. The molecule has 1 aliphatic rings. The molecule has 0 spiro atoms. The molecule has 2 N–H and O–H groups in total. The lowest BCUT2D eigenvalue weighted by molar-refractivity contribution is -0.141. The van der Waals surface area contributed by atoms with E-state index in [-0.39, 0.29) is 29.8 Å². The van der Waals surface area contributed by atoms with Crippen LogP contribution in [-0.2, 0) is 4.79 Å². The third-order valence-corrected chi connectivity index (χ3v) is 4.98. The second-order valence-corrected chi connectivity index (χ2v) is 7.69. The Kier molecular flexibility index (Phi) is 6.93. The highest BCUT2D eigenvalue weighted by atomic mass is 79.9. The van der Waals surface area contributed by atoms with Gasteiger partial charge in [-0.25, -0.2) is 0 Å². The molecule has 23 heavy (non-hydrogen) atoms. The minimum Gasteiger partial charge on any atom is -0.480 e. The maximum atomic E-state index is 12.6. The van der Waals surface area contributed by atoms with E-state index in [1.165, 1.54) is 0 Å². The summed E-state index contributed by atoms with van der Waals surface area (Å²) in [7, 11) is 0. The molecule has 1 fully saturated rings. The molecule has 0 bridgehead atoms. The average Bonchev–Trinajstić information content (AvgIpc) is 2.44. The van der Waals surface area contributed by atoms with Gasteiger partial charge in [0.25, 0.3) is 5.91 Å². The minimum absolute atomic E-state index is 0. The third-order valence-electron chi connectivity index (χ3n) is 4.36. The van der Waals surface area contributed by atoms with E-state index in [0.717, 1.165) is 16.5 Å². The van der Waals surface area contributed by atoms with E-state index in [4.69, 9.17) is 10.5 Å². The van der Waals surface area contributed by atoms with Gasteiger partial charge in [-0.1, -0.05) is 19.9 Å². The van der Waals surface area contributed by atoms with Gasteiger partial charge in [-0.2, -0.15) is 0 Å². The van der Waals surface area contributed by atoms with Crippen molar-refractivity contribution in [3.8, 4) is 5.75 Å². The van der Waals surface area contributed by atoms with Crippen molar-refractivity contribution < 1.29 is 9.53 Å². The summed E-state index contributed by atoms with van der Waals surface area (Å²) in [5.41, 5.74) is 7.22. The largest absolute Gasteiger partial charge is 0.480 e. The molecule has 1 heterocycles. The molecule has 0 aliphatic carbocycles. The zero-order valence-corrected chi connectivity index (χ0v) is 16.5. The molecule has 1 aromatic rings. The first-order valence-corrected chi connectivity index (χ1v) is 8.47. The number of amides is 1. The Morgan fingerprint density at radius 3 is 2.70 bits per heavy atom. The molecule has 130 valence electrons. The first-order valence-electron chi connectivity index (χ1n) is 7.68. The van der Waals surface area contributed by atoms with E-state index < -0.39 is 6.10 Å². The predicted octanol–water partition coefficient (Wildman–Crippen LogP) is 3.53. The number of hydrogen-bond donors (Lipinski definition) is 1. The van der Waals surface area contributed by atoms with Crippen LogP contribution in [0, 0.1) is 12.3 Å². The molecule has 2 unspecified atom stereocenters. The summed E-state index contributed by atoms with van der Waals surface area (Å²) in [4.78, 5) is 14.5. The van der Waals surface area contributed by atoms with Crippen LogP contribution in [0.15, 0.2) is 22.7 Å². The van der Waals surface area contributed by atoms with Gasteiger partial charge >= 0.3 is 0 Å². The molecular formula is C17H26BrClN2O2. The Hall–Kier alpha value is -0.780. The lowest BCUT2D eigenvalue weighted by Crippen LogP contribution is -2.56. The quantitative estimate of drug-likeness (QED) is 0.837. The molecule has 1 aliphatic heterocycles. The van der Waals surface area contributed by atoms with Gasteiger partial charge in [-0.05, 0) is 59.3 Å². The molecule has 4 nitrogen and oxygen atoms in total. The second-order valence-electron chi connectivity index (χ2n) is 6.84. The topological polar surface area (TPSA) is 55.6 Å². The summed E-state index contributed by atoms with van der Waals surface area (Å²) in [5, 5.41) is 0. The number of hydrogen-bond acceptors (Lipinski definition) is 3. The van der Waals surface area contributed by atoms with Crippen molar-refractivity contribution in [1.29, 1.82) is 0 Å². The Bertz CT molecular complexity index is 566. The number of nitrogens with two attached hydrogens (primary N) is 1. The van der Waals surface area contributed by atoms with Crippen LogP contribution in [0.4, 0.5) is 0 Å². The van der Waals surface area contributed by atoms with Crippen molar-refractivity contribution in [3.63, 3.8) is 0 Å². The van der Waals surface area contributed by atoms with Crippen LogP contribution in [0.5, 0.6) is 5.75 Å². The van der Waals surface area contributed by atoms with Crippen LogP contribution >= 0.6 is 28.3 Å². The van der Waals surface area contributed by atoms with Crippen LogP contribution in [0.1, 0.15) is 32.8 Å². The summed E-state index contributed by atoms with van der Waals surface area (Å²) >= 11 is 3.48. The van der Waals surface area contributed by atoms with Crippen LogP contribution in [-0.4, -0.2) is 36.0 Å². The third kappa shape index (κ3) is 4.85. The fraction of sp³-hybridized carbons (Fsp3) is 0.588. The van der Waals surface area contributed by atoms with E-state index in [2.05, 4.69) is 29.8 Å². The van der Waals surface area contributed by atoms with Gasteiger partial charge in [0, 0.05) is 19.1 Å². The summed E-state index contributed by atoms with van der Waals surface area (Å²) in [6, 6.07) is 5.98. The lowest BCUT2D eigenvalue weighted by Gasteiger charge is -2.43. The summed E-state index contributed by atoms with van der Waals surface area (Å²) < 4.78 is 6.71. The summed E-state index contributed by atoms with van der Waals surface area (Å²) in [6.45, 7) is 9.42. The highest BCUT2D eigenvalue weighted by Gasteiger charge is 2.36. The van der Waals surface area contributed by atoms with Gasteiger partial charge in [0.1, 0.15) is 5.75 Å². The zero-order valence-electron chi connectivity index (χ0n) is 14.1. The van der Waals surface area contributed by atoms with E-state index in [0.29, 0.717) is 18.8 Å². The maximum absolute atomic E-state index is 12.6. The number of carbonyl (C=O) groups excluding carboxylic acids is 1. The standard InChI is InChI=1S/C17H25BrN2O2.ClH/c1-11-5-6-14(13(18)9-11)22-12(2)16(21)20-8-7-15(19)17(3,4)10-20;/h5-6,9,12,15H,7-8,10,19H2,1-4H3;1H. The average molecular weight is 406 g/mol. The maximum Gasteiger partial charge on any atom is 0.263 e. The monoisotopic (exact) mass is 404 g/mol. The number of ether oxygens (including phenoxy) is 1. The number of nitrogens with zero attached hydrogens (tertiary/aromatic N) is 1. The molecule has 0 radical (unpaired) electrons. The molecule has 2 atom stereocenters. The molecule has 0 saturated carbocycles. The molecule has 1 aromatic carbocycles. The molecule has 6 heteroatoms. The van der Waals surface area contributed by atoms with Gasteiger partial charge < -0.3 is 15.4 Å². The normalized spacial score (nSPS) is 21.3. The van der Waals surface area contributed by atoms with Crippen LogP contribution < -0.4 is 10.5 Å². The molecule has 2 rings (SSSR count). The van der Waals surface area contributed by atoms with Gasteiger partial charge in [0.05, 0.1) is 4.47 Å². The number of benzene rings is 1. The highest BCUT2D eigenvalue weighted by molar-refractivity contribution is 9.10. The van der Waals surface area contributed by atoms with Gasteiger partial charge in [0.2, 0.25) is 0 Å². The number of piperidine rings is 1. The van der Waals surface area contributed by atoms with Crippen molar-refractivity contribution in [2.45, 2.75) is 46.3 Å². The number of aryl methyl sites for hydroxylation is 1. The fourth-order valence-electron chi connectivity index (χ4n) is 2.76. The van der Waals surface area contributed by atoms with Crippen LogP contribution in [0.25, 0.3) is 0 Å². The summed E-state index contributed by atoms with van der Waals surface area (Å²) in [5.74, 6) is 0.715. The van der Waals surface area contributed by atoms with Gasteiger partial charge in [0.15, 0.2) is 6.10 Å². The lowest BCUT2D eigenvalue weighted by atomic mass is 9.79. The van der Waals surface area contributed by atoms with E-state index in [1.807, 2.05) is 30.0 Å². The number of carbonyl (C=O) groups is 1. The van der Waals surface area contributed by atoms with E-state index in [1.54, 1.807) is 6.92 Å². The highest BCUT2D eigenvalue weighted by Crippen LogP contribution is 2.30. The van der Waals surface area contributed by atoms with Crippen LogP contribution in [0.2, 0.25) is 0 Å². The van der Waals surface area contributed by atoms with E-state index in [9.17, 15) is 4.79 Å².